The van der Waals surface area contributed by atoms with E-state index in [9.17, 15) is 24.0 Å². The highest BCUT2D eigenvalue weighted by molar-refractivity contribution is 8.00. The Hall–Kier alpha value is -2.88. The van der Waals surface area contributed by atoms with Crippen molar-refractivity contribution in [1.29, 1.82) is 0 Å². The molecule has 0 radical (unpaired) electrons. The van der Waals surface area contributed by atoms with Gasteiger partial charge in [-0.2, -0.15) is 11.8 Å². The Morgan fingerprint density at radius 1 is 1.00 bits per heavy atom. The number of imide groups is 1. The zero-order valence-corrected chi connectivity index (χ0v) is 25.4. The zero-order chi connectivity index (χ0) is 29.7. The second-order valence-electron chi connectivity index (χ2n) is 7.87. The minimum Gasteiger partial charge on any atom is -0.347 e. The first kappa shape index (κ1) is 37.3. The van der Waals surface area contributed by atoms with Gasteiger partial charge in [0.15, 0.2) is 0 Å². The minimum atomic E-state index is -0.793. The smallest absolute Gasteiger partial charge is 0.246 e. The number of hydrogen-bond donors (Lipinski definition) is 3. The number of rotatable bonds is 10. The van der Waals surface area contributed by atoms with Crippen LogP contribution < -0.4 is 16.0 Å². The normalized spacial score (nSPS) is 14.4. The molecular weight excluding hydrogens is 504 g/mol. The van der Waals surface area contributed by atoms with Crippen molar-refractivity contribution >= 4 is 47.0 Å². The fourth-order valence-corrected chi connectivity index (χ4v) is 3.62. The van der Waals surface area contributed by atoms with E-state index in [0.29, 0.717) is 5.69 Å². The van der Waals surface area contributed by atoms with Crippen LogP contribution in [0.4, 0.5) is 5.69 Å². The minimum absolute atomic E-state index is 0.0161. The number of thioether (sulfide) groups is 1. The molecule has 1 aliphatic heterocycles. The van der Waals surface area contributed by atoms with E-state index in [0.717, 1.165) is 16.9 Å². The maximum absolute atomic E-state index is 12.2. The first-order valence-electron chi connectivity index (χ1n) is 13.5. The number of nitrogens with zero attached hydrogens (tertiary/aromatic N) is 1. The molecule has 2 rings (SSSR count). The molecule has 1 aromatic rings. The van der Waals surface area contributed by atoms with Crippen LogP contribution >= 0.6 is 11.8 Å². The van der Waals surface area contributed by atoms with Crippen molar-refractivity contribution in [3.8, 4) is 0 Å². The van der Waals surface area contributed by atoms with Crippen LogP contribution in [0.15, 0.2) is 24.3 Å². The number of nitrogens with one attached hydrogen (secondary N) is 3. The van der Waals surface area contributed by atoms with E-state index >= 15 is 0 Å². The summed E-state index contributed by atoms with van der Waals surface area (Å²) in [5, 5.41) is 7.28. The topological polar surface area (TPSA) is 125 Å². The summed E-state index contributed by atoms with van der Waals surface area (Å²) in [5.41, 5.74) is 1.78. The van der Waals surface area contributed by atoms with Crippen molar-refractivity contribution < 1.29 is 24.0 Å². The van der Waals surface area contributed by atoms with E-state index in [4.69, 9.17) is 0 Å². The number of aryl methyl sites for hydroxylation is 1. The van der Waals surface area contributed by atoms with E-state index in [1.54, 1.807) is 25.3 Å². The molecule has 1 fully saturated rings. The predicted molar refractivity (Wildman–Crippen MR) is 157 cm³/mol. The Bertz CT molecular complexity index is 861. The molecule has 0 aromatic heterocycles. The summed E-state index contributed by atoms with van der Waals surface area (Å²) in [6, 6.07) is 6.63. The van der Waals surface area contributed by atoms with Gasteiger partial charge in [-0.3, -0.25) is 28.9 Å². The third-order valence-corrected chi connectivity index (χ3v) is 5.83. The lowest BCUT2D eigenvalue weighted by atomic mass is 10.1. The average Bonchev–Trinajstić information content (AvgIpc) is 3.21. The Labute approximate surface area is 233 Å². The summed E-state index contributed by atoms with van der Waals surface area (Å²) in [6.07, 6.45) is 3.96. The highest BCUT2D eigenvalue weighted by Gasteiger charge is 2.37. The number of likely N-dealkylation sites (tertiary alicyclic amines) is 1. The van der Waals surface area contributed by atoms with Crippen LogP contribution in [-0.2, 0) is 30.4 Å². The lowest BCUT2D eigenvalue weighted by Gasteiger charge is -2.16. The van der Waals surface area contributed by atoms with E-state index in [-0.39, 0.29) is 43.7 Å². The molecule has 0 bridgehead atoms. The molecule has 1 aromatic carbocycles. The van der Waals surface area contributed by atoms with Gasteiger partial charge in [0.2, 0.25) is 29.5 Å². The maximum atomic E-state index is 12.2. The molecule has 10 heteroatoms. The van der Waals surface area contributed by atoms with Crippen LogP contribution in [0.3, 0.4) is 0 Å². The number of hydrogen-bond acceptors (Lipinski definition) is 6. The Kier molecular flexibility index (Phi) is 21.7. The van der Waals surface area contributed by atoms with Crippen LogP contribution in [-0.4, -0.2) is 65.1 Å². The van der Waals surface area contributed by atoms with Gasteiger partial charge in [-0.25, -0.2) is 0 Å². The van der Waals surface area contributed by atoms with Gasteiger partial charge in [0, 0.05) is 25.1 Å². The first-order chi connectivity index (χ1) is 18.2. The lowest BCUT2D eigenvalue weighted by molar-refractivity contribution is -0.138. The average molecular weight is 553 g/mol. The van der Waals surface area contributed by atoms with Crippen LogP contribution in [0.2, 0.25) is 0 Å². The molecule has 0 spiro atoms. The van der Waals surface area contributed by atoms with Gasteiger partial charge in [0.05, 0.1) is 11.8 Å². The number of amides is 5. The molecule has 0 saturated carbocycles. The highest BCUT2D eigenvalue weighted by Crippen LogP contribution is 2.23. The van der Waals surface area contributed by atoms with E-state index in [2.05, 4.69) is 29.8 Å². The number of anilines is 1. The molecule has 38 heavy (non-hydrogen) atoms. The SMILES string of the molecule is CC.CC.CCC.CCc1ccc(NC(=O)C(C)NC(=O)CNC(=O)CCN2C(=O)CC(SC)C2=O)cc1. The van der Waals surface area contributed by atoms with Crippen molar-refractivity contribution in [2.75, 3.05) is 24.7 Å². The molecule has 1 aliphatic rings. The molecule has 9 nitrogen and oxygen atoms in total. The van der Waals surface area contributed by atoms with Gasteiger partial charge in [-0.15, -0.1) is 0 Å². The van der Waals surface area contributed by atoms with Gasteiger partial charge in [-0.1, -0.05) is 67.0 Å². The molecule has 1 saturated heterocycles. The van der Waals surface area contributed by atoms with Gasteiger partial charge < -0.3 is 16.0 Å². The van der Waals surface area contributed by atoms with Crippen molar-refractivity contribution in [2.45, 2.75) is 92.4 Å². The standard InChI is InChI=1S/C21H28N4O5S.C3H8.2C2H6/c1-4-14-5-7-15(8-6-14)24-20(29)13(2)23-18(27)12-22-17(26)9-10-25-19(28)11-16(31-3)21(25)30;1-3-2;2*1-2/h5-8,13,16H,4,9-12H2,1-3H3,(H,22,26)(H,23,27)(H,24,29);3H2,1-2H3;2*1-2H3. The first-order valence-corrected chi connectivity index (χ1v) is 14.8. The molecule has 0 aliphatic carbocycles. The third-order valence-electron chi connectivity index (χ3n) is 4.90. The van der Waals surface area contributed by atoms with Crippen LogP contribution in [0.1, 0.15) is 80.2 Å². The van der Waals surface area contributed by atoms with Crippen LogP contribution in [0.25, 0.3) is 0 Å². The van der Waals surface area contributed by atoms with Gasteiger partial charge in [0.25, 0.3) is 0 Å². The summed E-state index contributed by atoms with van der Waals surface area (Å²) in [4.78, 5) is 61.1. The molecule has 216 valence electrons. The quantitative estimate of drug-likeness (QED) is 0.375. The summed E-state index contributed by atoms with van der Waals surface area (Å²) in [6.45, 7) is 15.5. The van der Waals surface area contributed by atoms with Crippen molar-refractivity contribution in [3.05, 3.63) is 29.8 Å². The number of benzene rings is 1. The number of carbonyl (C=O) groups excluding carboxylic acids is 5. The summed E-state index contributed by atoms with van der Waals surface area (Å²) < 4.78 is 0. The second-order valence-corrected chi connectivity index (χ2v) is 8.92. The van der Waals surface area contributed by atoms with Crippen LogP contribution in [0.5, 0.6) is 0 Å². The van der Waals surface area contributed by atoms with E-state index in [1.807, 2.05) is 46.8 Å². The molecule has 2 atom stereocenters. The fraction of sp³-hybridized carbons (Fsp3) is 0.607. The van der Waals surface area contributed by atoms with Gasteiger partial charge in [0.1, 0.15) is 6.04 Å². The van der Waals surface area contributed by atoms with Crippen LogP contribution in [0, 0.1) is 0 Å². The summed E-state index contributed by atoms with van der Waals surface area (Å²) in [5.74, 6) is -1.94. The second kappa shape index (κ2) is 22.1. The van der Waals surface area contributed by atoms with Crippen molar-refractivity contribution in [2.24, 2.45) is 0 Å². The summed E-state index contributed by atoms with van der Waals surface area (Å²) >= 11 is 1.31. The molecule has 2 unspecified atom stereocenters. The van der Waals surface area contributed by atoms with Crippen molar-refractivity contribution in [3.63, 3.8) is 0 Å². The monoisotopic (exact) mass is 552 g/mol. The predicted octanol–water partition coefficient (Wildman–Crippen LogP) is 4.16. The van der Waals surface area contributed by atoms with Gasteiger partial charge in [-0.05, 0) is 37.3 Å². The van der Waals surface area contributed by atoms with E-state index < -0.39 is 23.1 Å². The number of carbonyl (C=O) groups is 5. The molecule has 1 heterocycles. The third kappa shape index (κ3) is 14.2. The molecule has 5 amide bonds. The van der Waals surface area contributed by atoms with E-state index in [1.165, 1.54) is 18.2 Å². The molecular formula is C28H48N4O5S. The lowest BCUT2D eigenvalue weighted by Crippen LogP contribution is -2.46. The Balaban J connectivity index is 0. The highest BCUT2D eigenvalue weighted by atomic mass is 32.2. The largest absolute Gasteiger partial charge is 0.347 e. The Morgan fingerprint density at radius 3 is 2.03 bits per heavy atom. The molecule has 3 N–H and O–H groups in total. The Morgan fingerprint density at radius 2 is 1.55 bits per heavy atom. The maximum Gasteiger partial charge on any atom is 0.246 e. The van der Waals surface area contributed by atoms with Gasteiger partial charge >= 0.3 is 0 Å². The van der Waals surface area contributed by atoms with Crippen molar-refractivity contribution in [1.82, 2.24) is 15.5 Å². The summed E-state index contributed by atoms with van der Waals surface area (Å²) in [7, 11) is 0. The fourth-order valence-electron chi connectivity index (χ4n) is 2.98. The zero-order valence-electron chi connectivity index (χ0n) is 24.6.